The number of fused-ring (bicyclic) bond motifs is 2. The topological polar surface area (TPSA) is 40.5 Å². The molecule has 0 bridgehead atoms. The first-order valence-electron chi connectivity index (χ1n) is 7.33. The van der Waals surface area contributed by atoms with Crippen LogP contribution in [-0.2, 0) is 0 Å². The third-order valence-corrected chi connectivity index (χ3v) is 4.59. The van der Waals surface area contributed by atoms with Gasteiger partial charge in [0, 0.05) is 28.8 Å². The molecule has 22 heavy (non-hydrogen) atoms. The Bertz CT molecular complexity index is 1040. The molecular formula is C20H13O2+. The lowest BCUT2D eigenvalue weighted by Crippen LogP contribution is -2.27. The highest BCUT2D eigenvalue weighted by atomic mass is 16.5. The molecule has 3 aromatic rings. The average molecular weight is 285 g/mol. The zero-order valence-corrected chi connectivity index (χ0v) is 11.7. The van der Waals surface area contributed by atoms with Crippen molar-refractivity contribution in [3.63, 3.8) is 0 Å². The second-order valence-electron chi connectivity index (χ2n) is 6.00. The van der Waals surface area contributed by atoms with Crippen LogP contribution in [0.1, 0.15) is 5.56 Å². The SMILES string of the molecule is OC1(O)C=C[C+]2C=c3ccc4cccc5ccc(c3c54)C2=C1. The quantitative estimate of drug-likeness (QED) is 0.492. The average Bonchev–Trinajstić information content (AvgIpc) is 2.52. The van der Waals surface area contributed by atoms with Crippen molar-refractivity contribution >= 4 is 33.2 Å². The van der Waals surface area contributed by atoms with Crippen molar-refractivity contribution in [1.82, 2.24) is 0 Å². The van der Waals surface area contributed by atoms with Crippen LogP contribution in [0.4, 0.5) is 0 Å². The molecule has 0 amide bonds. The predicted molar refractivity (Wildman–Crippen MR) is 88.7 cm³/mol. The van der Waals surface area contributed by atoms with E-state index in [2.05, 4.69) is 48.5 Å². The molecule has 2 heteroatoms. The van der Waals surface area contributed by atoms with Crippen molar-refractivity contribution in [3.05, 3.63) is 77.4 Å². The molecule has 104 valence electrons. The molecule has 0 radical (unpaired) electrons. The molecule has 2 aliphatic rings. The van der Waals surface area contributed by atoms with E-state index in [0.29, 0.717) is 0 Å². The lowest BCUT2D eigenvalue weighted by molar-refractivity contribution is -0.0743. The van der Waals surface area contributed by atoms with Crippen LogP contribution in [0.15, 0.2) is 60.7 Å². The van der Waals surface area contributed by atoms with Gasteiger partial charge in [0.2, 0.25) is 0 Å². The van der Waals surface area contributed by atoms with Gasteiger partial charge in [0.15, 0.2) is 0 Å². The van der Waals surface area contributed by atoms with Crippen LogP contribution in [0.2, 0.25) is 0 Å². The van der Waals surface area contributed by atoms with E-state index in [-0.39, 0.29) is 0 Å². The Morgan fingerprint density at radius 3 is 2.45 bits per heavy atom. The van der Waals surface area contributed by atoms with Gasteiger partial charge in [0.25, 0.3) is 5.79 Å². The zero-order valence-electron chi connectivity index (χ0n) is 11.7. The van der Waals surface area contributed by atoms with Crippen LogP contribution in [0.25, 0.3) is 33.2 Å². The van der Waals surface area contributed by atoms with E-state index in [0.717, 1.165) is 17.1 Å². The molecule has 0 saturated carbocycles. The van der Waals surface area contributed by atoms with Gasteiger partial charge in [-0.15, -0.1) is 0 Å². The molecule has 0 fully saturated rings. The van der Waals surface area contributed by atoms with Gasteiger partial charge in [0.1, 0.15) is 0 Å². The number of hydrogen-bond acceptors (Lipinski definition) is 2. The smallest absolute Gasteiger partial charge is 0.261 e. The molecular weight excluding hydrogens is 272 g/mol. The third kappa shape index (κ3) is 1.48. The molecule has 0 heterocycles. The van der Waals surface area contributed by atoms with Gasteiger partial charge >= 0.3 is 0 Å². The summed E-state index contributed by atoms with van der Waals surface area (Å²) in [5.41, 5.74) is 1.95. The molecule has 0 saturated heterocycles. The van der Waals surface area contributed by atoms with Crippen LogP contribution in [-0.4, -0.2) is 16.0 Å². The maximum Gasteiger partial charge on any atom is 0.261 e. The third-order valence-electron chi connectivity index (χ3n) is 4.59. The number of allylic oxidation sites excluding steroid dienone is 2. The summed E-state index contributed by atoms with van der Waals surface area (Å²) >= 11 is 0. The Morgan fingerprint density at radius 2 is 1.64 bits per heavy atom. The van der Waals surface area contributed by atoms with Crippen molar-refractivity contribution in [2.24, 2.45) is 0 Å². The molecule has 0 spiro atoms. The number of hydrogen-bond donors (Lipinski definition) is 2. The summed E-state index contributed by atoms with van der Waals surface area (Å²) in [6, 6.07) is 14.8. The Balaban J connectivity index is 2.00. The highest BCUT2D eigenvalue weighted by molar-refractivity contribution is 6.16. The first-order chi connectivity index (χ1) is 10.6. The van der Waals surface area contributed by atoms with Gasteiger partial charge in [-0.1, -0.05) is 18.2 Å². The van der Waals surface area contributed by atoms with Gasteiger partial charge in [-0.2, -0.15) is 0 Å². The minimum atomic E-state index is -1.88. The molecule has 0 atom stereocenters. The summed E-state index contributed by atoms with van der Waals surface area (Å²) in [6.45, 7) is 0. The Hall–Kier alpha value is -2.55. The lowest BCUT2D eigenvalue weighted by Gasteiger charge is -2.22. The first kappa shape index (κ1) is 12.0. The predicted octanol–water partition coefficient (Wildman–Crippen LogP) is 2.71. The van der Waals surface area contributed by atoms with E-state index >= 15 is 0 Å². The summed E-state index contributed by atoms with van der Waals surface area (Å²) in [6.07, 6.45) is 6.83. The molecule has 2 aliphatic carbocycles. The van der Waals surface area contributed by atoms with E-state index in [9.17, 15) is 10.2 Å². The maximum absolute atomic E-state index is 9.93. The highest BCUT2D eigenvalue weighted by Crippen LogP contribution is 2.41. The van der Waals surface area contributed by atoms with Crippen molar-refractivity contribution in [2.75, 3.05) is 0 Å². The Labute approximate surface area is 127 Å². The summed E-state index contributed by atoms with van der Waals surface area (Å²) in [4.78, 5) is 0. The summed E-state index contributed by atoms with van der Waals surface area (Å²) < 4.78 is 0. The van der Waals surface area contributed by atoms with Crippen LogP contribution in [0.3, 0.4) is 0 Å². The van der Waals surface area contributed by atoms with E-state index in [4.69, 9.17) is 0 Å². The van der Waals surface area contributed by atoms with E-state index in [1.54, 1.807) is 6.08 Å². The van der Waals surface area contributed by atoms with Crippen LogP contribution in [0, 0.1) is 5.92 Å². The zero-order chi connectivity index (χ0) is 14.9. The van der Waals surface area contributed by atoms with Gasteiger partial charge in [-0.05, 0) is 35.0 Å². The van der Waals surface area contributed by atoms with Crippen molar-refractivity contribution in [1.29, 1.82) is 0 Å². The second-order valence-corrected chi connectivity index (χ2v) is 6.00. The summed E-state index contributed by atoms with van der Waals surface area (Å²) in [5.74, 6) is -0.861. The first-order valence-corrected chi connectivity index (χ1v) is 7.33. The van der Waals surface area contributed by atoms with Crippen LogP contribution in [0.5, 0.6) is 0 Å². The highest BCUT2D eigenvalue weighted by Gasteiger charge is 2.35. The fourth-order valence-corrected chi connectivity index (χ4v) is 3.63. The lowest BCUT2D eigenvalue weighted by atomic mass is 9.78. The van der Waals surface area contributed by atoms with Gasteiger partial charge in [-0.3, -0.25) is 0 Å². The van der Waals surface area contributed by atoms with E-state index < -0.39 is 5.79 Å². The fourth-order valence-electron chi connectivity index (χ4n) is 3.63. The number of benzene rings is 3. The minimum Gasteiger partial charge on any atom is -0.347 e. The molecule has 0 aromatic heterocycles. The molecule has 0 aliphatic heterocycles. The van der Waals surface area contributed by atoms with E-state index in [1.807, 2.05) is 0 Å². The van der Waals surface area contributed by atoms with Crippen molar-refractivity contribution < 1.29 is 10.2 Å². The Morgan fingerprint density at radius 1 is 0.864 bits per heavy atom. The molecule has 0 unspecified atom stereocenters. The minimum absolute atomic E-state index is 0.887. The van der Waals surface area contributed by atoms with Crippen molar-refractivity contribution in [2.45, 2.75) is 5.79 Å². The standard InChI is InChI=1S/C20H13O2/c21-20(22)9-8-14-10-15-5-4-12-2-1-3-13-6-7-16(17(14)11-20)19(15)18(12)13/h1-11,21-22H/q+1. The summed E-state index contributed by atoms with van der Waals surface area (Å²) in [5, 5.41) is 25.9. The maximum atomic E-state index is 9.93. The van der Waals surface area contributed by atoms with Gasteiger partial charge in [0.05, 0.1) is 28.5 Å². The number of rotatable bonds is 0. The van der Waals surface area contributed by atoms with Crippen LogP contribution < -0.4 is 5.22 Å². The molecule has 5 rings (SSSR count). The molecule has 3 aromatic carbocycles. The van der Waals surface area contributed by atoms with Crippen molar-refractivity contribution in [3.8, 4) is 0 Å². The van der Waals surface area contributed by atoms with Gasteiger partial charge in [-0.25, -0.2) is 0 Å². The fraction of sp³-hybridized carbons (Fsp3) is 0.0500. The van der Waals surface area contributed by atoms with Crippen LogP contribution >= 0.6 is 0 Å². The van der Waals surface area contributed by atoms with Gasteiger partial charge < -0.3 is 10.2 Å². The molecule has 2 nitrogen and oxygen atoms in total. The largest absolute Gasteiger partial charge is 0.347 e. The Kier molecular flexibility index (Phi) is 2.08. The monoisotopic (exact) mass is 285 g/mol. The number of aliphatic hydroxyl groups is 2. The summed E-state index contributed by atoms with van der Waals surface area (Å²) in [7, 11) is 0. The normalized spacial score (nSPS) is 18.3. The van der Waals surface area contributed by atoms with E-state index in [1.165, 1.54) is 38.9 Å². The molecule has 2 N–H and O–H groups in total. The second kappa shape index (κ2) is 3.80.